The second-order valence-electron chi connectivity index (χ2n) is 4.58. The summed E-state index contributed by atoms with van der Waals surface area (Å²) in [5.41, 5.74) is 4.53. The van der Waals surface area contributed by atoms with E-state index in [9.17, 15) is 4.79 Å². The van der Waals surface area contributed by atoms with Crippen LogP contribution in [-0.4, -0.2) is 26.2 Å². The maximum absolute atomic E-state index is 12.2. The fourth-order valence-electron chi connectivity index (χ4n) is 1.97. The second kappa shape index (κ2) is 5.95. The normalized spacial score (nSPS) is 11.6. The molecule has 1 amide bonds. The maximum Gasteiger partial charge on any atom is 0.309 e. The van der Waals surface area contributed by atoms with Crippen LogP contribution >= 0.6 is 11.6 Å². The first-order chi connectivity index (χ1) is 10.7. The number of fused-ring (bicyclic) bond motifs is 1. The largest absolute Gasteiger partial charge is 0.309 e. The van der Waals surface area contributed by atoms with Crippen LogP contribution in [0.25, 0.3) is 5.65 Å². The van der Waals surface area contributed by atoms with Crippen molar-refractivity contribution in [2.45, 2.75) is 6.92 Å². The van der Waals surface area contributed by atoms with Crippen molar-refractivity contribution in [3.05, 3.63) is 65.1 Å². The zero-order chi connectivity index (χ0) is 15.5. The van der Waals surface area contributed by atoms with Gasteiger partial charge in [0.2, 0.25) is 5.82 Å². The summed E-state index contributed by atoms with van der Waals surface area (Å²) >= 11 is 6.00. The van der Waals surface area contributed by atoms with Gasteiger partial charge < -0.3 is 0 Å². The quantitative estimate of drug-likeness (QED) is 0.596. The summed E-state index contributed by atoms with van der Waals surface area (Å²) in [4.78, 5) is 12.2. The third kappa shape index (κ3) is 2.68. The minimum Gasteiger partial charge on any atom is -0.277 e. The fraction of sp³-hybridized carbons (Fsp3) is 0.0667. The number of amides is 1. The van der Waals surface area contributed by atoms with Gasteiger partial charge in [-0.3, -0.25) is 9.20 Å². The monoisotopic (exact) mass is 313 g/mol. The fourth-order valence-corrected chi connectivity index (χ4v) is 2.17. The summed E-state index contributed by atoms with van der Waals surface area (Å²) in [6.45, 7) is 1.81. The lowest BCUT2D eigenvalue weighted by atomic mass is 10.1. The van der Waals surface area contributed by atoms with Gasteiger partial charge in [-0.15, -0.1) is 10.2 Å². The maximum atomic E-state index is 12.2. The smallest absolute Gasteiger partial charge is 0.277 e. The molecular formula is C15H12ClN5O. The summed E-state index contributed by atoms with van der Waals surface area (Å²) in [5, 5.41) is 12.3. The molecule has 0 radical (unpaired) electrons. The van der Waals surface area contributed by atoms with Crippen LogP contribution in [0.15, 0.2) is 53.8 Å². The highest BCUT2D eigenvalue weighted by molar-refractivity contribution is 6.33. The van der Waals surface area contributed by atoms with Crippen LogP contribution in [0.4, 0.5) is 0 Å². The number of halogens is 1. The minimum atomic E-state index is -0.454. The van der Waals surface area contributed by atoms with Gasteiger partial charge >= 0.3 is 5.91 Å². The van der Waals surface area contributed by atoms with Gasteiger partial charge in [0.1, 0.15) is 0 Å². The lowest BCUT2D eigenvalue weighted by Gasteiger charge is -2.02. The van der Waals surface area contributed by atoms with Crippen molar-refractivity contribution >= 4 is 28.9 Å². The van der Waals surface area contributed by atoms with Crippen LogP contribution in [0.3, 0.4) is 0 Å². The molecule has 0 bridgehead atoms. The zero-order valence-corrected chi connectivity index (χ0v) is 12.4. The molecule has 0 saturated carbocycles. The Morgan fingerprint density at radius 3 is 2.73 bits per heavy atom. The summed E-state index contributed by atoms with van der Waals surface area (Å²) in [6.07, 6.45) is 1.67. The first-order valence-corrected chi connectivity index (χ1v) is 6.94. The van der Waals surface area contributed by atoms with E-state index in [4.69, 9.17) is 11.6 Å². The van der Waals surface area contributed by atoms with Gasteiger partial charge in [-0.1, -0.05) is 41.9 Å². The Labute approximate surface area is 131 Å². The van der Waals surface area contributed by atoms with Crippen LogP contribution in [0.1, 0.15) is 23.1 Å². The van der Waals surface area contributed by atoms with Gasteiger partial charge in [-0.25, -0.2) is 5.43 Å². The third-order valence-corrected chi connectivity index (χ3v) is 3.40. The molecule has 2 heterocycles. The van der Waals surface area contributed by atoms with Crippen LogP contribution in [0.5, 0.6) is 0 Å². The topological polar surface area (TPSA) is 71.7 Å². The summed E-state index contributed by atoms with van der Waals surface area (Å²) < 4.78 is 1.52. The van der Waals surface area contributed by atoms with Gasteiger partial charge in [0.15, 0.2) is 5.65 Å². The Morgan fingerprint density at radius 1 is 1.18 bits per heavy atom. The van der Waals surface area contributed by atoms with Crippen molar-refractivity contribution in [3.63, 3.8) is 0 Å². The molecule has 0 spiro atoms. The van der Waals surface area contributed by atoms with E-state index < -0.39 is 5.91 Å². The molecular weight excluding hydrogens is 302 g/mol. The van der Waals surface area contributed by atoms with Crippen molar-refractivity contribution in [2.75, 3.05) is 0 Å². The van der Waals surface area contributed by atoms with Crippen LogP contribution in [0, 0.1) is 0 Å². The average molecular weight is 314 g/mol. The van der Waals surface area contributed by atoms with E-state index in [0.29, 0.717) is 16.4 Å². The van der Waals surface area contributed by atoms with E-state index in [1.165, 1.54) is 4.40 Å². The summed E-state index contributed by atoms with van der Waals surface area (Å²) in [5.74, 6) is -0.327. The Bertz CT molecular complexity index is 857. The molecule has 7 heteroatoms. The number of benzene rings is 1. The number of nitrogens with one attached hydrogen (secondary N) is 1. The molecule has 0 aliphatic carbocycles. The molecule has 1 N–H and O–H groups in total. The number of hydrazone groups is 1. The number of carbonyl (C=O) groups is 1. The first-order valence-electron chi connectivity index (χ1n) is 6.56. The van der Waals surface area contributed by atoms with Gasteiger partial charge in [-0.2, -0.15) is 5.10 Å². The molecule has 0 saturated heterocycles. The Morgan fingerprint density at radius 2 is 1.95 bits per heavy atom. The molecule has 3 aromatic rings. The Balaban J connectivity index is 1.84. The highest BCUT2D eigenvalue weighted by Gasteiger charge is 2.15. The van der Waals surface area contributed by atoms with E-state index >= 15 is 0 Å². The summed E-state index contributed by atoms with van der Waals surface area (Å²) in [6, 6.07) is 13.0. The van der Waals surface area contributed by atoms with Gasteiger partial charge in [0.25, 0.3) is 0 Å². The SMILES string of the molecule is CC(=NNC(=O)c1nnc2c(Cl)cccn12)c1ccccc1. The lowest BCUT2D eigenvalue weighted by Crippen LogP contribution is -2.22. The van der Waals surface area contributed by atoms with Crippen molar-refractivity contribution in [3.8, 4) is 0 Å². The molecule has 0 fully saturated rings. The minimum absolute atomic E-state index is 0.127. The number of pyridine rings is 1. The number of nitrogens with zero attached hydrogens (tertiary/aromatic N) is 4. The molecule has 3 rings (SSSR count). The molecule has 110 valence electrons. The number of rotatable bonds is 3. The second-order valence-corrected chi connectivity index (χ2v) is 4.98. The third-order valence-electron chi connectivity index (χ3n) is 3.11. The van der Waals surface area contributed by atoms with Crippen molar-refractivity contribution in [1.82, 2.24) is 20.0 Å². The van der Waals surface area contributed by atoms with Crippen LogP contribution < -0.4 is 5.43 Å². The number of hydrogen-bond acceptors (Lipinski definition) is 4. The van der Waals surface area contributed by atoms with E-state index in [1.807, 2.05) is 37.3 Å². The van der Waals surface area contributed by atoms with Crippen molar-refractivity contribution in [1.29, 1.82) is 0 Å². The highest BCUT2D eigenvalue weighted by Crippen LogP contribution is 2.15. The molecule has 0 aliphatic heterocycles. The van der Waals surface area contributed by atoms with E-state index in [1.54, 1.807) is 18.3 Å². The van der Waals surface area contributed by atoms with Gasteiger partial charge in [-0.05, 0) is 24.6 Å². The molecule has 0 unspecified atom stereocenters. The molecule has 0 aliphatic rings. The molecule has 22 heavy (non-hydrogen) atoms. The summed E-state index contributed by atoms with van der Waals surface area (Å²) in [7, 11) is 0. The van der Waals surface area contributed by atoms with Crippen LogP contribution in [-0.2, 0) is 0 Å². The Hall–Kier alpha value is -2.73. The van der Waals surface area contributed by atoms with Crippen molar-refractivity contribution in [2.24, 2.45) is 5.10 Å². The molecule has 0 atom stereocenters. The predicted octanol–water partition coefficient (Wildman–Crippen LogP) is 2.54. The van der Waals surface area contributed by atoms with Crippen LogP contribution in [0.2, 0.25) is 5.02 Å². The number of aromatic nitrogens is 3. The van der Waals surface area contributed by atoms with E-state index in [-0.39, 0.29) is 5.82 Å². The molecule has 1 aromatic carbocycles. The van der Waals surface area contributed by atoms with Crippen molar-refractivity contribution < 1.29 is 4.79 Å². The average Bonchev–Trinajstić information content (AvgIpc) is 2.98. The standard InChI is InChI=1S/C15H12ClN5O/c1-10(11-6-3-2-4-7-11)17-20-15(22)14-19-18-13-12(16)8-5-9-21(13)14/h2-9H,1H3,(H,20,22). The highest BCUT2D eigenvalue weighted by atomic mass is 35.5. The molecule has 6 nitrogen and oxygen atoms in total. The van der Waals surface area contributed by atoms with Gasteiger partial charge in [0, 0.05) is 6.20 Å². The lowest BCUT2D eigenvalue weighted by molar-refractivity contribution is 0.0943. The molecule has 2 aromatic heterocycles. The van der Waals surface area contributed by atoms with E-state index in [0.717, 1.165) is 5.56 Å². The van der Waals surface area contributed by atoms with E-state index in [2.05, 4.69) is 20.7 Å². The predicted molar refractivity (Wildman–Crippen MR) is 84.1 cm³/mol. The number of hydrogen-bond donors (Lipinski definition) is 1. The van der Waals surface area contributed by atoms with Gasteiger partial charge in [0.05, 0.1) is 10.7 Å². The number of carbonyl (C=O) groups excluding carboxylic acids is 1. The first kappa shape index (κ1) is 14.2. The Kier molecular flexibility index (Phi) is 3.84. The zero-order valence-electron chi connectivity index (χ0n) is 11.7.